The Morgan fingerprint density at radius 2 is 2.08 bits per heavy atom. The van der Waals surface area contributed by atoms with E-state index in [1.54, 1.807) is 17.1 Å². The van der Waals surface area contributed by atoms with E-state index in [1.807, 2.05) is 29.2 Å². The number of nitrogens with zero attached hydrogens (tertiary/aromatic N) is 4. The molecule has 2 saturated heterocycles. The van der Waals surface area contributed by atoms with Crippen LogP contribution in [0, 0.1) is 11.8 Å². The van der Waals surface area contributed by atoms with Crippen LogP contribution in [0.2, 0.25) is 0 Å². The number of hydrogen-bond acceptors (Lipinski definition) is 4. The largest absolute Gasteiger partial charge is 0.381 e. The number of aromatic nitrogens is 3. The molecule has 1 aromatic carbocycles. The Hall–Kier alpha value is -2.41. The van der Waals surface area contributed by atoms with Crippen molar-refractivity contribution in [2.24, 2.45) is 11.8 Å². The summed E-state index contributed by atoms with van der Waals surface area (Å²) in [6, 6.07) is 7.61. The molecule has 2 aromatic rings. The van der Waals surface area contributed by atoms with E-state index < -0.39 is 0 Å². The van der Waals surface area contributed by atoms with Gasteiger partial charge in [0.15, 0.2) is 0 Å². The second kappa shape index (κ2) is 7.23. The number of hydrogen-bond donors (Lipinski definition) is 1. The fraction of sp³-hybridized carbons (Fsp3) is 0.500. The maximum absolute atomic E-state index is 12.6. The molecular formula is C18H23N5O2. The van der Waals surface area contributed by atoms with Gasteiger partial charge in [-0.3, -0.25) is 0 Å². The molecule has 0 spiro atoms. The number of rotatable bonds is 3. The van der Waals surface area contributed by atoms with Gasteiger partial charge in [-0.1, -0.05) is 11.3 Å². The number of anilines is 1. The van der Waals surface area contributed by atoms with E-state index in [0.29, 0.717) is 11.8 Å². The van der Waals surface area contributed by atoms with Crippen LogP contribution in [0.5, 0.6) is 0 Å². The smallest absolute Gasteiger partial charge is 0.321 e. The van der Waals surface area contributed by atoms with E-state index in [9.17, 15) is 4.79 Å². The minimum Gasteiger partial charge on any atom is -0.381 e. The first kappa shape index (κ1) is 16.1. The highest BCUT2D eigenvalue weighted by atomic mass is 16.5. The lowest BCUT2D eigenvalue weighted by Crippen LogP contribution is -2.34. The van der Waals surface area contributed by atoms with Crippen LogP contribution in [0.15, 0.2) is 36.7 Å². The predicted molar refractivity (Wildman–Crippen MR) is 93.6 cm³/mol. The van der Waals surface area contributed by atoms with Gasteiger partial charge in [0.25, 0.3) is 0 Å². The van der Waals surface area contributed by atoms with Crippen LogP contribution >= 0.6 is 0 Å². The Balaban J connectivity index is 1.37. The SMILES string of the molecule is O=C(Nc1cccc(-n2ccnn2)c1)N1CCC(C2CCOCC2)C1. The first-order valence-corrected chi connectivity index (χ1v) is 8.90. The van der Waals surface area contributed by atoms with Gasteiger partial charge in [-0.05, 0) is 49.3 Å². The van der Waals surface area contributed by atoms with E-state index in [2.05, 4.69) is 15.6 Å². The Kier molecular flexibility index (Phi) is 4.65. The van der Waals surface area contributed by atoms with Crippen LogP contribution in [0.3, 0.4) is 0 Å². The molecule has 0 aliphatic carbocycles. The first-order chi connectivity index (χ1) is 12.3. The second-order valence-electron chi connectivity index (χ2n) is 6.77. The van der Waals surface area contributed by atoms with E-state index in [1.165, 1.54) is 0 Å². The van der Waals surface area contributed by atoms with Crippen molar-refractivity contribution < 1.29 is 9.53 Å². The molecule has 25 heavy (non-hydrogen) atoms. The maximum atomic E-state index is 12.6. The average Bonchev–Trinajstić information content (AvgIpc) is 3.35. The highest BCUT2D eigenvalue weighted by Crippen LogP contribution is 2.31. The number of nitrogens with one attached hydrogen (secondary N) is 1. The zero-order valence-electron chi connectivity index (χ0n) is 14.2. The van der Waals surface area contributed by atoms with Crippen molar-refractivity contribution in [3.63, 3.8) is 0 Å². The standard InChI is InChI=1S/C18H23N5O2/c24-18(22-8-4-15(13-22)14-5-10-25-11-6-14)20-16-2-1-3-17(12-16)23-9-7-19-21-23/h1-3,7,9,12,14-15H,4-6,8,10-11,13H2,(H,20,24). The first-order valence-electron chi connectivity index (χ1n) is 8.90. The highest BCUT2D eigenvalue weighted by Gasteiger charge is 2.32. The lowest BCUT2D eigenvalue weighted by atomic mass is 9.85. The molecular weight excluding hydrogens is 318 g/mol. The van der Waals surface area contributed by atoms with Gasteiger partial charge in [-0.15, -0.1) is 5.10 Å². The molecule has 0 radical (unpaired) electrons. The molecule has 7 heteroatoms. The minimum atomic E-state index is -0.0229. The van der Waals surface area contributed by atoms with Crippen molar-refractivity contribution in [2.75, 3.05) is 31.6 Å². The van der Waals surface area contributed by atoms with Crippen LogP contribution in [0.25, 0.3) is 5.69 Å². The Labute approximate surface area is 147 Å². The molecule has 3 heterocycles. The van der Waals surface area contributed by atoms with Crippen LogP contribution in [0.4, 0.5) is 10.5 Å². The third kappa shape index (κ3) is 3.66. The van der Waals surface area contributed by atoms with Gasteiger partial charge in [0.2, 0.25) is 0 Å². The molecule has 1 N–H and O–H groups in total. The van der Waals surface area contributed by atoms with Gasteiger partial charge in [-0.25, -0.2) is 9.48 Å². The Bertz CT molecular complexity index is 712. The van der Waals surface area contributed by atoms with Crippen molar-refractivity contribution in [1.29, 1.82) is 0 Å². The normalized spacial score (nSPS) is 21.4. The average molecular weight is 341 g/mol. The maximum Gasteiger partial charge on any atom is 0.321 e. The summed E-state index contributed by atoms with van der Waals surface area (Å²) in [5.41, 5.74) is 1.64. The van der Waals surface area contributed by atoms with E-state index in [0.717, 1.165) is 56.9 Å². The number of amides is 2. The van der Waals surface area contributed by atoms with Crippen molar-refractivity contribution in [2.45, 2.75) is 19.3 Å². The lowest BCUT2D eigenvalue weighted by molar-refractivity contribution is 0.0485. The Morgan fingerprint density at radius 3 is 2.88 bits per heavy atom. The topological polar surface area (TPSA) is 72.3 Å². The van der Waals surface area contributed by atoms with Gasteiger partial charge in [0.1, 0.15) is 0 Å². The number of benzene rings is 1. The Morgan fingerprint density at radius 1 is 1.20 bits per heavy atom. The zero-order valence-corrected chi connectivity index (χ0v) is 14.2. The molecule has 132 valence electrons. The monoisotopic (exact) mass is 341 g/mol. The van der Waals surface area contributed by atoms with E-state index in [4.69, 9.17) is 4.74 Å². The van der Waals surface area contributed by atoms with Crippen LogP contribution in [-0.4, -0.2) is 52.2 Å². The van der Waals surface area contributed by atoms with Crippen LogP contribution in [-0.2, 0) is 4.74 Å². The molecule has 0 saturated carbocycles. The summed E-state index contributed by atoms with van der Waals surface area (Å²) in [6.07, 6.45) is 6.75. The second-order valence-corrected chi connectivity index (χ2v) is 6.77. The molecule has 2 aliphatic rings. The summed E-state index contributed by atoms with van der Waals surface area (Å²) in [4.78, 5) is 14.5. The summed E-state index contributed by atoms with van der Waals surface area (Å²) in [6.45, 7) is 3.40. The van der Waals surface area contributed by atoms with Gasteiger partial charge in [-0.2, -0.15) is 0 Å². The number of ether oxygens (including phenoxy) is 1. The molecule has 1 atom stereocenters. The summed E-state index contributed by atoms with van der Waals surface area (Å²) in [5, 5.41) is 10.8. The lowest BCUT2D eigenvalue weighted by Gasteiger charge is -2.27. The summed E-state index contributed by atoms with van der Waals surface area (Å²) in [5.74, 6) is 1.30. The van der Waals surface area contributed by atoms with Crippen LogP contribution < -0.4 is 5.32 Å². The van der Waals surface area contributed by atoms with Gasteiger partial charge in [0, 0.05) is 32.0 Å². The highest BCUT2D eigenvalue weighted by molar-refractivity contribution is 5.89. The van der Waals surface area contributed by atoms with E-state index >= 15 is 0 Å². The molecule has 2 fully saturated rings. The minimum absolute atomic E-state index is 0.0229. The quantitative estimate of drug-likeness (QED) is 0.931. The number of urea groups is 1. The summed E-state index contributed by atoms with van der Waals surface area (Å²) >= 11 is 0. The summed E-state index contributed by atoms with van der Waals surface area (Å²) in [7, 11) is 0. The van der Waals surface area contributed by atoms with Crippen molar-refractivity contribution in [3.8, 4) is 5.69 Å². The van der Waals surface area contributed by atoms with Gasteiger partial charge >= 0.3 is 6.03 Å². The molecule has 2 aliphatic heterocycles. The van der Waals surface area contributed by atoms with E-state index in [-0.39, 0.29) is 6.03 Å². The molecule has 7 nitrogen and oxygen atoms in total. The van der Waals surface area contributed by atoms with Crippen molar-refractivity contribution >= 4 is 11.7 Å². The number of carbonyl (C=O) groups is 1. The predicted octanol–water partition coefficient (Wildman–Crippen LogP) is 2.55. The summed E-state index contributed by atoms with van der Waals surface area (Å²) < 4.78 is 7.12. The van der Waals surface area contributed by atoms with Crippen molar-refractivity contribution in [1.82, 2.24) is 19.9 Å². The molecule has 1 aromatic heterocycles. The molecule has 4 rings (SSSR count). The van der Waals surface area contributed by atoms with Gasteiger partial charge < -0.3 is 15.0 Å². The number of likely N-dealkylation sites (tertiary alicyclic amines) is 1. The molecule has 1 unspecified atom stereocenters. The zero-order chi connectivity index (χ0) is 17.1. The van der Waals surface area contributed by atoms with Gasteiger partial charge in [0.05, 0.1) is 18.1 Å². The molecule has 0 bridgehead atoms. The fourth-order valence-corrected chi connectivity index (χ4v) is 3.82. The third-order valence-electron chi connectivity index (χ3n) is 5.23. The third-order valence-corrected chi connectivity index (χ3v) is 5.23. The number of carbonyl (C=O) groups excluding carboxylic acids is 1. The van der Waals surface area contributed by atoms with Crippen molar-refractivity contribution in [3.05, 3.63) is 36.7 Å². The fourth-order valence-electron chi connectivity index (χ4n) is 3.82. The van der Waals surface area contributed by atoms with Crippen LogP contribution in [0.1, 0.15) is 19.3 Å². The molecule has 2 amide bonds.